The molecule has 0 aliphatic carbocycles. The lowest BCUT2D eigenvalue weighted by molar-refractivity contribution is 0.0527. The third kappa shape index (κ3) is 9.17. The van der Waals surface area contributed by atoms with Crippen LogP contribution in [0.4, 0.5) is 4.79 Å². The first-order valence-electron chi connectivity index (χ1n) is 10.4. The number of hydrogen-bond donors (Lipinski definition) is 2. The maximum atomic E-state index is 11.6. The van der Waals surface area contributed by atoms with Crippen LogP contribution in [0.2, 0.25) is 0 Å². The molecule has 1 amide bonds. The highest BCUT2D eigenvalue weighted by atomic mass is 16.6. The lowest BCUT2D eigenvalue weighted by Gasteiger charge is -2.22. The van der Waals surface area contributed by atoms with E-state index in [9.17, 15) is 4.79 Å². The van der Waals surface area contributed by atoms with Crippen molar-refractivity contribution in [1.29, 1.82) is 0 Å². The van der Waals surface area contributed by atoms with E-state index in [4.69, 9.17) is 9.47 Å². The highest BCUT2D eigenvalue weighted by Crippen LogP contribution is 2.17. The average Bonchev–Trinajstić information content (AvgIpc) is 3.13. The van der Waals surface area contributed by atoms with E-state index in [1.807, 2.05) is 39.0 Å². The van der Waals surface area contributed by atoms with Gasteiger partial charge in [0.2, 0.25) is 0 Å². The minimum absolute atomic E-state index is 0.375. The first-order valence-corrected chi connectivity index (χ1v) is 10.4. The van der Waals surface area contributed by atoms with Gasteiger partial charge in [0.05, 0.1) is 13.2 Å². The zero-order valence-electron chi connectivity index (χ0n) is 18.2. The second-order valence-corrected chi connectivity index (χ2v) is 8.36. The van der Waals surface area contributed by atoms with Gasteiger partial charge in [-0.05, 0) is 39.2 Å². The van der Waals surface area contributed by atoms with E-state index in [2.05, 4.69) is 32.7 Å². The molecule has 1 fully saturated rings. The number of alkyl carbamates (subject to hydrolysis) is 1. The maximum absolute atomic E-state index is 11.6. The molecule has 0 aromatic heterocycles. The van der Waals surface area contributed by atoms with E-state index < -0.39 is 5.60 Å². The van der Waals surface area contributed by atoms with Gasteiger partial charge in [0.25, 0.3) is 0 Å². The molecule has 162 valence electrons. The zero-order chi connectivity index (χ0) is 21.1. The van der Waals surface area contributed by atoms with Gasteiger partial charge in [-0.2, -0.15) is 0 Å². The Hall–Kier alpha value is -2.28. The number of hydrogen-bond acceptors (Lipinski definition) is 4. The Morgan fingerprint density at radius 1 is 1.21 bits per heavy atom. The van der Waals surface area contributed by atoms with Crippen LogP contribution >= 0.6 is 0 Å². The fourth-order valence-electron chi connectivity index (χ4n) is 3.20. The predicted molar refractivity (Wildman–Crippen MR) is 116 cm³/mol. The number of benzene rings is 1. The third-order valence-corrected chi connectivity index (χ3v) is 4.57. The van der Waals surface area contributed by atoms with Crippen LogP contribution in [0.25, 0.3) is 0 Å². The summed E-state index contributed by atoms with van der Waals surface area (Å²) in [7, 11) is 1.81. The Morgan fingerprint density at radius 2 is 1.93 bits per heavy atom. The normalized spacial score (nSPS) is 17.3. The molecule has 29 heavy (non-hydrogen) atoms. The molecule has 0 bridgehead atoms. The van der Waals surface area contributed by atoms with Crippen molar-refractivity contribution >= 4 is 12.1 Å². The number of aliphatic imine (C=N–C) groups is 1. The standard InChI is InChI=1S/C22H36N4O3/c1-22(2,3)29-21(27)25-13-8-12-24-20(23-4)26-14-11-19(15-26)17-28-16-18-9-6-5-7-10-18/h5-7,9-10,19H,8,11-17H2,1-4H3,(H,23,24)(H,25,27). The van der Waals surface area contributed by atoms with Crippen LogP contribution < -0.4 is 10.6 Å². The second-order valence-electron chi connectivity index (χ2n) is 8.36. The largest absolute Gasteiger partial charge is 0.444 e. The van der Waals surface area contributed by atoms with Crippen molar-refractivity contribution in [3.05, 3.63) is 35.9 Å². The van der Waals surface area contributed by atoms with Crippen LogP contribution in [0, 0.1) is 5.92 Å². The second kappa shape index (κ2) is 11.7. The molecule has 1 aliphatic rings. The summed E-state index contributed by atoms with van der Waals surface area (Å²) < 4.78 is 11.1. The first kappa shape index (κ1) is 23.0. The Kier molecular flexibility index (Phi) is 9.25. The number of ether oxygens (including phenoxy) is 2. The third-order valence-electron chi connectivity index (χ3n) is 4.57. The molecule has 0 radical (unpaired) electrons. The van der Waals surface area contributed by atoms with Gasteiger partial charge < -0.3 is 25.0 Å². The topological polar surface area (TPSA) is 75.2 Å². The van der Waals surface area contributed by atoms with Gasteiger partial charge in [-0.25, -0.2) is 4.79 Å². The molecule has 7 nitrogen and oxygen atoms in total. The number of nitrogens with zero attached hydrogens (tertiary/aromatic N) is 2. The van der Waals surface area contributed by atoms with Gasteiger partial charge >= 0.3 is 6.09 Å². The van der Waals surface area contributed by atoms with Crippen LogP contribution in [-0.4, -0.2) is 62.4 Å². The Bertz CT molecular complexity index is 643. The Labute approximate surface area is 174 Å². The molecule has 1 unspecified atom stereocenters. The van der Waals surface area contributed by atoms with Gasteiger partial charge in [0, 0.05) is 39.1 Å². The summed E-state index contributed by atoms with van der Waals surface area (Å²) in [6.07, 6.45) is 1.53. The SMILES string of the molecule is CN=C(NCCCNC(=O)OC(C)(C)C)N1CCC(COCc2ccccc2)C1. The minimum Gasteiger partial charge on any atom is -0.444 e. The predicted octanol–water partition coefficient (Wildman–Crippen LogP) is 3.02. The molecule has 1 saturated heterocycles. The van der Waals surface area contributed by atoms with Gasteiger partial charge in [-0.3, -0.25) is 4.99 Å². The number of likely N-dealkylation sites (tertiary alicyclic amines) is 1. The molecule has 1 aromatic carbocycles. The van der Waals surface area contributed by atoms with Crippen molar-refractivity contribution in [2.75, 3.05) is 39.8 Å². The quantitative estimate of drug-likeness (QED) is 0.396. The number of carbonyl (C=O) groups excluding carboxylic acids is 1. The molecule has 0 spiro atoms. The van der Waals surface area contributed by atoms with Gasteiger partial charge in [0.15, 0.2) is 5.96 Å². The molecule has 2 N–H and O–H groups in total. The number of nitrogens with one attached hydrogen (secondary N) is 2. The molecule has 7 heteroatoms. The van der Waals surface area contributed by atoms with Crippen LogP contribution in [-0.2, 0) is 16.1 Å². The van der Waals surface area contributed by atoms with Gasteiger partial charge in [0.1, 0.15) is 5.60 Å². The lowest BCUT2D eigenvalue weighted by atomic mass is 10.1. The molecule has 0 saturated carbocycles. The van der Waals surface area contributed by atoms with Crippen LogP contribution in [0.3, 0.4) is 0 Å². The van der Waals surface area contributed by atoms with Crippen LogP contribution in [0.5, 0.6) is 0 Å². The van der Waals surface area contributed by atoms with Crippen molar-refractivity contribution in [1.82, 2.24) is 15.5 Å². The monoisotopic (exact) mass is 404 g/mol. The van der Waals surface area contributed by atoms with Crippen molar-refractivity contribution in [3.63, 3.8) is 0 Å². The number of amides is 1. The summed E-state index contributed by atoms with van der Waals surface area (Å²) in [5.74, 6) is 1.43. The highest BCUT2D eigenvalue weighted by Gasteiger charge is 2.24. The van der Waals surface area contributed by atoms with E-state index in [0.29, 0.717) is 19.1 Å². The highest BCUT2D eigenvalue weighted by molar-refractivity contribution is 5.80. The Morgan fingerprint density at radius 3 is 2.62 bits per heavy atom. The fourth-order valence-corrected chi connectivity index (χ4v) is 3.20. The van der Waals surface area contributed by atoms with Gasteiger partial charge in [-0.1, -0.05) is 30.3 Å². The van der Waals surface area contributed by atoms with E-state index in [1.54, 1.807) is 7.05 Å². The molecule has 1 atom stereocenters. The first-order chi connectivity index (χ1) is 13.9. The Balaban J connectivity index is 1.59. The average molecular weight is 405 g/mol. The van der Waals surface area contributed by atoms with Crippen LogP contribution in [0.15, 0.2) is 35.3 Å². The maximum Gasteiger partial charge on any atom is 0.407 e. The summed E-state index contributed by atoms with van der Waals surface area (Å²) >= 11 is 0. The molecule has 2 rings (SSSR count). The van der Waals surface area contributed by atoms with E-state index in [0.717, 1.165) is 45.0 Å². The van der Waals surface area contributed by atoms with Gasteiger partial charge in [-0.15, -0.1) is 0 Å². The summed E-state index contributed by atoms with van der Waals surface area (Å²) in [6.45, 7) is 10.2. The van der Waals surface area contributed by atoms with E-state index >= 15 is 0 Å². The minimum atomic E-state index is -0.471. The summed E-state index contributed by atoms with van der Waals surface area (Å²) in [6, 6.07) is 10.3. The smallest absolute Gasteiger partial charge is 0.407 e. The van der Waals surface area contributed by atoms with Crippen LogP contribution in [0.1, 0.15) is 39.2 Å². The van der Waals surface area contributed by atoms with Crippen molar-refractivity contribution in [2.24, 2.45) is 10.9 Å². The van der Waals surface area contributed by atoms with Crippen molar-refractivity contribution in [2.45, 2.75) is 45.8 Å². The molecular weight excluding hydrogens is 368 g/mol. The van der Waals surface area contributed by atoms with E-state index in [-0.39, 0.29) is 6.09 Å². The summed E-state index contributed by atoms with van der Waals surface area (Å²) in [5, 5.41) is 6.15. The number of guanidine groups is 1. The van der Waals surface area contributed by atoms with Crippen molar-refractivity contribution in [3.8, 4) is 0 Å². The molecular formula is C22H36N4O3. The molecule has 1 aliphatic heterocycles. The number of rotatable bonds is 8. The summed E-state index contributed by atoms with van der Waals surface area (Å²) in [5.41, 5.74) is 0.737. The van der Waals surface area contributed by atoms with E-state index in [1.165, 1.54) is 5.56 Å². The van der Waals surface area contributed by atoms with Crippen molar-refractivity contribution < 1.29 is 14.3 Å². The zero-order valence-corrected chi connectivity index (χ0v) is 18.2. The molecule has 1 heterocycles. The molecule has 1 aromatic rings. The lowest BCUT2D eigenvalue weighted by Crippen LogP contribution is -2.41. The number of carbonyl (C=O) groups is 1. The summed E-state index contributed by atoms with van der Waals surface area (Å²) in [4.78, 5) is 18.3. The fraction of sp³-hybridized carbons (Fsp3) is 0.636.